The van der Waals surface area contributed by atoms with E-state index in [1.807, 2.05) is 7.05 Å². The molecule has 140 valence electrons. The summed E-state index contributed by atoms with van der Waals surface area (Å²) in [6, 6.07) is 2.04. The molecule has 0 spiro atoms. The molecule has 0 amide bonds. The molecule has 3 fully saturated rings. The molecule has 1 saturated carbocycles. The van der Waals surface area contributed by atoms with E-state index in [9.17, 15) is 0 Å². The van der Waals surface area contributed by atoms with Gasteiger partial charge in [0.15, 0.2) is 5.96 Å². The molecular weight excluding hydrogens is 415 g/mol. The number of guanidine groups is 1. The molecule has 0 aromatic heterocycles. The lowest BCUT2D eigenvalue weighted by molar-refractivity contribution is 0.116. The SMILES string of the molecule is CN=C(NCC1CN(C)CCN1C)NC1CCN(C2CC2)CC1.I. The fraction of sp³-hybridized carbons (Fsp3) is 0.941. The highest BCUT2D eigenvalue weighted by molar-refractivity contribution is 14.0. The van der Waals surface area contributed by atoms with Gasteiger partial charge in [-0.05, 0) is 39.8 Å². The fourth-order valence-electron chi connectivity index (χ4n) is 3.77. The molecular formula is C17H35IN6. The van der Waals surface area contributed by atoms with Crippen LogP contribution in [0.3, 0.4) is 0 Å². The van der Waals surface area contributed by atoms with Gasteiger partial charge in [-0.2, -0.15) is 0 Å². The van der Waals surface area contributed by atoms with Crippen molar-refractivity contribution in [2.45, 2.75) is 43.8 Å². The van der Waals surface area contributed by atoms with Gasteiger partial charge in [0.2, 0.25) is 0 Å². The third-order valence-electron chi connectivity index (χ3n) is 5.64. The van der Waals surface area contributed by atoms with Crippen LogP contribution < -0.4 is 10.6 Å². The number of piperidine rings is 1. The van der Waals surface area contributed by atoms with Gasteiger partial charge in [-0.3, -0.25) is 9.89 Å². The van der Waals surface area contributed by atoms with E-state index in [-0.39, 0.29) is 24.0 Å². The lowest BCUT2D eigenvalue weighted by Crippen LogP contribution is -2.56. The van der Waals surface area contributed by atoms with Crippen LogP contribution in [0.2, 0.25) is 0 Å². The summed E-state index contributed by atoms with van der Waals surface area (Å²) in [7, 11) is 6.31. The first-order valence-corrected chi connectivity index (χ1v) is 9.25. The average Bonchev–Trinajstić information content (AvgIpc) is 3.40. The maximum absolute atomic E-state index is 4.43. The molecule has 1 atom stereocenters. The molecule has 1 unspecified atom stereocenters. The van der Waals surface area contributed by atoms with Crippen molar-refractivity contribution in [1.82, 2.24) is 25.3 Å². The minimum Gasteiger partial charge on any atom is -0.355 e. The van der Waals surface area contributed by atoms with E-state index in [1.165, 1.54) is 45.3 Å². The standard InChI is InChI=1S/C17H34N6.HI/c1-18-17(19-12-16-13-21(2)10-11-22(16)3)20-14-6-8-23(9-7-14)15-4-5-15;/h14-16H,4-13H2,1-3H3,(H2,18,19,20);1H. The number of likely N-dealkylation sites (tertiary alicyclic amines) is 1. The van der Waals surface area contributed by atoms with E-state index < -0.39 is 0 Å². The molecule has 2 N–H and O–H groups in total. The molecule has 3 rings (SSSR count). The second-order valence-electron chi connectivity index (χ2n) is 7.54. The van der Waals surface area contributed by atoms with Gasteiger partial charge >= 0.3 is 0 Å². The zero-order chi connectivity index (χ0) is 16.2. The van der Waals surface area contributed by atoms with Crippen molar-refractivity contribution in [3.8, 4) is 0 Å². The first-order chi connectivity index (χ1) is 11.2. The first kappa shape index (κ1) is 20.2. The normalized spacial score (nSPS) is 28.5. The van der Waals surface area contributed by atoms with Crippen molar-refractivity contribution in [1.29, 1.82) is 0 Å². The van der Waals surface area contributed by atoms with Gasteiger partial charge < -0.3 is 20.4 Å². The molecule has 2 aliphatic heterocycles. The van der Waals surface area contributed by atoms with Gasteiger partial charge in [0, 0.05) is 64.4 Å². The summed E-state index contributed by atoms with van der Waals surface area (Å²) < 4.78 is 0. The van der Waals surface area contributed by atoms with Gasteiger partial charge in [-0.15, -0.1) is 24.0 Å². The Labute approximate surface area is 164 Å². The first-order valence-electron chi connectivity index (χ1n) is 9.25. The monoisotopic (exact) mass is 450 g/mol. The smallest absolute Gasteiger partial charge is 0.191 e. The summed E-state index contributed by atoms with van der Waals surface area (Å²) in [4.78, 5) is 12.0. The minimum atomic E-state index is 0. The van der Waals surface area contributed by atoms with Crippen molar-refractivity contribution < 1.29 is 0 Å². The Kier molecular flexibility index (Phi) is 8.03. The Morgan fingerprint density at radius 1 is 1.04 bits per heavy atom. The molecule has 3 aliphatic rings. The number of likely N-dealkylation sites (N-methyl/N-ethyl adjacent to an activating group) is 2. The number of piperazine rings is 1. The Morgan fingerprint density at radius 3 is 2.38 bits per heavy atom. The molecule has 0 aromatic rings. The number of halogens is 1. The highest BCUT2D eigenvalue weighted by atomic mass is 127. The lowest BCUT2D eigenvalue weighted by atomic mass is 10.1. The van der Waals surface area contributed by atoms with Crippen molar-refractivity contribution in [3.05, 3.63) is 0 Å². The highest BCUT2D eigenvalue weighted by Crippen LogP contribution is 2.29. The third kappa shape index (κ3) is 5.71. The maximum Gasteiger partial charge on any atom is 0.191 e. The molecule has 24 heavy (non-hydrogen) atoms. The zero-order valence-corrected chi connectivity index (χ0v) is 17.8. The molecule has 6 nitrogen and oxygen atoms in total. The number of nitrogens with zero attached hydrogens (tertiary/aromatic N) is 4. The van der Waals surface area contributed by atoms with Crippen LogP contribution in [-0.4, -0.2) is 99.2 Å². The van der Waals surface area contributed by atoms with Gasteiger partial charge in [0.1, 0.15) is 0 Å². The van der Waals surface area contributed by atoms with Crippen molar-refractivity contribution in [2.75, 3.05) is 60.4 Å². The van der Waals surface area contributed by atoms with Gasteiger partial charge in [-0.1, -0.05) is 0 Å². The maximum atomic E-state index is 4.43. The molecule has 0 aromatic carbocycles. The minimum absolute atomic E-state index is 0. The summed E-state index contributed by atoms with van der Waals surface area (Å²) in [5, 5.41) is 7.17. The summed E-state index contributed by atoms with van der Waals surface area (Å²) in [5.41, 5.74) is 0. The fourth-order valence-corrected chi connectivity index (χ4v) is 3.77. The summed E-state index contributed by atoms with van der Waals surface area (Å²) in [6.45, 7) is 6.89. The summed E-state index contributed by atoms with van der Waals surface area (Å²) in [6.07, 6.45) is 5.32. The van der Waals surface area contributed by atoms with E-state index in [0.29, 0.717) is 12.1 Å². The van der Waals surface area contributed by atoms with Crippen molar-refractivity contribution in [2.24, 2.45) is 4.99 Å². The van der Waals surface area contributed by atoms with Crippen LogP contribution in [0.4, 0.5) is 0 Å². The lowest BCUT2D eigenvalue weighted by Gasteiger charge is -2.38. The highest BCUT2D eigenvalue weighted by Gasteiger charge is 2.32. The van der Waals surface area contributed by atoms with Crippen LogP contribution in [-0.2, 0) is 0 Å². The quantitative estimate of drug-likeness (QED) is 0.374. The topological polar surface area (TPSA) is 46.1 Å². The second-order valence-corrected chi connectivity index (χ2v) is 7.54. The third-order valence-corrected chi connectivity index (χ3v) is 5.64. The van der Waals surface area contributed by atoms with Crippen LogP contribution in [0.5, 0.6) is 0 Å². The second kappa shape index (κ2) is 9.54. The Bertz CT molecular complexity index is 406. The number of hydrogen-bond donors (Lipinski definition) is 2. The van der Waals surface area contributed by atoms with E-state index in [1.54, 1.807) is 0 Å². The zero-order valence-electron chi connectivity index (χ0n) is 15.5. The van der Waals surface area contributed by atoms with Gasteiger partial charge in [0.05, 0.1) is 0 Å². The van der Waals surface area contributed by atoms with E-state index in [0.717, 1.165) is 31.6 Å². The van der Waals surface area contributed by atoms with Crippen LogP contribution >= 0.6 is 24.0 Å². The number of nitrogens with one attached hydrogen (secondary N) is 2. The number of hydrogen-bond acceptors (Lipinski definition) is 4. The van der Waals surface area contributed by atoms with Crippen molar-refractivity contribution in [3.63, 3.8) is 0 Å². The number of aliphatic imine (C=N–C) groups is 1. The molecule has 2 saturated heterocycles. The van der Waals surface area contributed by atoms with Gasteiger partial charge in [0.25, 0.3) is 0 Å². The Morgan fingerprint density at radius 2 is 1.75 bits per heavy atom. The molecule has 7 heteroatoms. The largest absolute Gasteiger partial charge is 0.355 e. The van der Waals surface area contributed by atoms with Crippen LogP contribution in [0, 0.1) is 0 Å². The van der Waals surface area contributed by atoms with Crippen LogP contribution in [0.1, 0.15) is 25.7 Å². The van der Waals surface area contributed by atoms with Crippen LogP contribution in [0.25, 0.3) is 0 Å². The van der Waals surface area contributed by atoms with Gasteiger partial charge in [-0.25, -0.2) is 0 Å². The van der Waals surface area contributed by atoms with Crippen LogP contribution in [0.15, 0.2) is 4.99 Å². The van der Waals surface area contributed by atoms with E-state index in [2.05, 4.69) is 44.4 Å². The Hall–Kier alpha value is -0.120. The summed E-state index contributed by atoms with van der Waals surface area (Å²) in [5.74, 6) is 0.969. The Balaban J connectivity index is 0.00000208. The predicted molar refractivity (Wildman–Crippen MR) is 111 cm³/mol. The molecule has 0 bridgehead atoms. The molecule has 0 radical (unpaired) electrons. The molecule has 2 heterocycles. The average molecular weight is 450 g/mol. The van der Waals surface area contributed by atoms with E-state index >= 15 is 0 Å². The number of rotatable bonds is 4. The molecule has 1 aliphatic carbocycles. The van der Waals surface area contributed by atoms with Crippen molar-refractivity contribution >= 4 is 29.9 Å². The van der Waals surface area contributed by atoms with E-state index in [4.69, 9.17) is 0 Å². The predicted octanol–water partition coefficient (Wildman–Crippen LogP) is 0.642. The summed E-state index contributed by atoms with van der Waals surface area (Å²) >= 11 is 0.